The van der Waals surface area contributed by atoms with Crippen molar-refractivity contribution in [2.45, 2.75) is 62.5 Å². The lowest BCUT2D eigenvalue weighted by Gasteiger charge is -2.45. The molecule has 4 rings (SSSR count). The van der Waals surface area contributed by atoms with Crippen molar-refractivity contribution in [1.82, 2.24) is 4.90 Å². The number of nitrogens with zero attached hydrogens (tertiary/aromatic N) is 1. The van der Waals surface area contributed by atoms with E-state index in [9.17, 15) is 45.3 Å². The minimum Gasteiger partial charge on any atom is -0.504 e. The average Bonchev–Trinajstić information content (AvgIpc) is 2.95. The number of hydrogen-bond donors (Lipinski definition) is 7. The second-order valence-electron chi connectivity index (χ2n) is 10.2. The highest BCUT2D eigenvalue weighted by molar-refractivity contribution is 5.89. The van der Waals surface area contributed by atoms with Crippen LogP contribution >= 0.6 is 0 Å². The van der Waals surface area contributed by atoms with Crippen LogP contribution in [-0.4, -0.2) is 110 Å². The summed E-state index contributed by atoms with van der Waals surface area (Å²) in [5.74, 6) is -3.72. The Hall–Kier alpha value is -3.24. The van der Waals surface area contributed by atoms with Crippen molar-refractivity contribution in [3.8, 4) is 11.5 Å². The number of benzene rings is 1. The molecule has 1 saturated heterocycles. The van der Waals surface area contributed by atoms with E-state index in [4.69, 9.17) is 18.9 Å². The van der Waals surface area contributed by atoms with Gasteiger partial charge in [-0.25, -0.2) is 4.79 Å². The van der Waals surface area contributed by atoms with E-state index in [2.05, 4.69) is 6.58 Å². The number of carbonyl (C=O) groups excluding carboxylic acids is 2. The first kappa shape index (κ1) is 30.7. The van der Waals surface area contributed by atoms with Gasteiger partial charge in [0.2, 0.25) is 12.2 Å². The monoisotopic (exact) mass is 581 g/mol. The van der Waals surface area contributed by atoms with Crippen LogP contribution < -0.4 is 0 Å². The molecule has 0 spiro atoms. The van der Waals surface area contributed by atoms with Crippen molar-refractivity contribution in [3.63, 3.8) is 0 Å². The predicted molar refractivity (Wildman–Crippen MR) is 136 cm³/mol. The number of methoxy groups -OCH3 is 1. The fourth-order valence-corrected chi connectivity index (χ4v) is 5.64. The molecule has 1 amide bonds. The van der Waals surface area contributed by atoms with Gasteiger partial charge in [-0.2, -0.15) is 0 Å². The Morgan fingerprint density at radius 1 is 1.07 bits per heavy atom. The lowest BCUT2D eigenvalue weighted by Crippen LogP contribution is -2.60. The predicted octanol–water partition coefficient (Wildman–Crippen LogP) is -0.927. The number of aromatic hydroxyl groups is 2. The zero-order chi connectivity index (χ0) is 30.2. The van der Waals surface area contributed by atoms with E-state index in [1.165, 1.54) is 37.1 Å². The highest BCUT2D eigenvalue weighted by atomic mass is 16.8. The molecule has 0 bridgehead atoms. The largest absolute Gasteiger partial charge is 0.504 e. The summed E-state index contributed by atoms with van der Waals surface area (Å²) >= 11 is 0. The number of amides is 1. The molecule has 14 nitrogen and oxygen atoms in total. The summed E-state index contributed by atoms with van der Waals surface area (Å²) < 4.78 is 21.9. The van der Waals surface area contributed by atoms with Crippen molar-refractivity contribution in [2.75, 3.05) is 20.3 Å². The molecule has 1 fully saturated rings. The quantitative estimate of drug-likeness (QED) is 0.118. The fourth-order valence-electron chi connectivity index (χ4n) is 5.64. The van der Waals surface area contributed by atoms with Crippen LogP contribution in [0, 0.1) is 11.8 Å². The van der Waals surface area contributed by atoms with Crippen molar-refractivity contribution >= 4 is 11.9 Å². The van der Waals surface area contributed by atoms with Crippen LogP contribution in [0.2, 0.25) is 0 Å². The third kappa shape index (κ3) is 5.77. The summed E-state index contributed by atoms with van der Waals surface area (Å²) in [4.78, 5) is 26.9. The van der Waals surface area contributed by atoms with Crippen molar-refractivity contribution in [1.29, 1.82) is 0 Å². The van der Waals surface area contributed by atoms with Crippen molar-refractivity contribution < 1.29 is 64.3 Å². The molecular weight excluding hydrogens is 546 g/mol. The summed E-state index contributed by atoms with van der Waals surface area (Å²) in [6, 6.07) is 1.67. The lowest BCUT2D eigenvalue weighted by atomic mass is 9.76. The number of hydrogen-bond acceptors (Lipinski definition) is 13. The third-order valence-electron chi connectivity index (χ3n) is 7.84. The molecule has 0 aromatic heterocycles. The number of esters is 1. The molecule has 3 aliphatic heterocycles. The molecule has 7 N–H and O–H groups in total. The zero-order valence-corrected chi connectivity index (χ0v) is 22.4. The Bertz CT molecular complexity index is 1190. The van der Waals surface area contributed by atoms with E-state index in [0.29, 0.717) is 11.1 Å². The first-order valence-corrected chi connectivity index (χ1v) is 13.0. The number of phenolic OH excluding ortho intramolecular Hbond substituents is 2. The van der Waals surface area contributed by atoms with Crippen molar-refractivity contribution in [2.24, 2.45) is 11.8 Å². The Morgan fingerprint density at radius 2 is 1.73 bits per heavy atom. The van der Waals surface area contributed by atoms with Gasteiger partial charge < -0.3 is 59.6 Å². The lowest BCUT2D eigenvalue weighted by molar-refractivity contribution is -0.339. The standard InChI is InChI=1S/C27H35NO13/c1-4-12-13(5-17-14-6-18(31)19(32)7-15(14)20(33)8-28(17)11(2)30)16(25(37)38-3)10-39-26(12)41-27-24(36)23(35)22(34)21(9-29)40-27/h4,6-7,10,12-13,17,20-24,26-27,29,31-36H,1,5,8-9H2,2-3H3/t12-,13+,17-,20+,21?,22?,23?,24?,26+,27?/m1/s1. The smallest absolute Gasteiger partial charge is 0.337 e. The van der Waals surface area contributed by atoms with Crippen LogP contribution in [0.5, 0.6) is 11.5 Å². The highest BCUT2D eigenvalue weighted by Crippen LogP contribution is 2.47. The molecule has 14 heteroatoms. The van der Waals surface area contributed by atoms with Gasteiger partial charge in [0.05, 0.1) is 44.2 Å². The van der Waals surface area contributed by atoms with Gasteiger partial charge in [0.1, 0.15) is 24.4 Å². The Kier molecular flexibility index (Phi) is 9.23. The molecule has 10 atom stereocenters. The fraction of sp³-hybridized carbons (Fsp3) is 0.556. The molecule has 41 heavy (non-hydrogen) atoms. The van der Waals surface area contributed by atoms with Gasteiger partial charge in [-0.05, 0) is 29.7 Å². The van der Waals surface area contributed by atoms with E-state index < -0.39 is 91.0 Å². The maximum absolute atomic E-state index is 12.8. The second-order valence-corrected chi connectivity index (χ2v) is 10.2. The number of ether oxygens (including phenoxy) is 4. The number of aliphatic hydroxyl groups excluding tert-OH is 5. The Labute approximate surface area is 235 Å². The van der Waals surface area contributed by atoms with E-state index in [-0.39, 0.29) is 18.5 Å². The van der Waals surface area contributed by atoms with Gasteiger partial charge >= 0.3 is 5.97 Å². The average molecular weight is 582 g/mol. The van der Waals surface area contributed by atoms with Crippen LogP contribution in [0.25, 0.3) is 0 Å². The van der Waals surface area contributed by atoms with Crippen LogP contribution in [0.15, 0.2) is 36.6 Å². The van der Waals surface area contributed by atoms with Gasteiger partial charge in [-0.1, -0.05) is 6.08 Å². The van der Waals surface area contributed by atoms with Gasteiger partial charge in [-0.15, -0.1) is 6.58 Å². The number of aliphatic hydroxyl groups is 5. The van der Waals surface area contributed by atoms with Crippen LogP contribution in [0.1, 0.15) is 36.6 Å². The number of phenols is 2. The summed E-state index contributed by atoms with van der Waals surface area (Å²) in [5, 5.41) is 71.2. The summed E-state index contributed by atoms with van der Waals surface area (Å²) in [7, 11) is 1.18. The van der Waals surface area contributed by atoms with E-state index >= 15 is 0 Å². The number of rotatable bonds is 7. The molecule has 3 heterocycles. The maximum atomic E-state index is 12.8. The first-order chi connectivity index (χ1) is 19.4. The Balaban J connectivity index is 1.71. The zero-order valence-electron chi connectivity index (χ0n) is 22.4. The molecule has 3 aliphatic rings. The first-order valence-electron chi connectivity index (χ1n) is 13.0. The van der Waals surface area contributed by atoms with Crippen molar-refractivity contribution in [3.05, 3.63) is 47.7 Å². The van der Waals surface area contributed by atoms with Gasteiger partial charge in [0.15, 0.2) is 17.8 Å². The summed E-state index contributed by atoms with van der Waals surface area (Å²) in [6.07, 6.45) is -7.68. The molecule has 1 aromatic rings. The summed E-state index contributed by atoms with van der Waals surface area (Å²) in [6.45, 7) is 4.35. The van der Waals surface area contributed by atoms with E-state index in [0.717, 1.165) is 6.26 Å². The van der Waals surface area contributed by atoms with Crippen LogP contribution in [-0.2, 0) is 28.5 Å². The molecule has 0 aliphatic carbocycles. The molecule has 1 aromatic carbocycles. The van der Waals surface area contributed by atoms with E-state index in [1.807, 2.05) is 0 Å². The van der Waals surface area contributed by atoms with Gasteiger partial charge in [0.25, 0.3) is 0 Å². The third-order valence-corrected chi connectivity index (χ3v) is 7.84. The van der Waals surface area contributed by atoms with Crippen LogP contribution in [0.4, 0.5) is 0 Å². The number of β-amino-alcohol motifs (C(OH)–C–C–N with tert-alkyl or cyclic N) is 1. The highest BCUT2D eigenvalue weighted by Gasteiger charge is 2.48. The number of carbonyl (C=O) groups is 2. The normalized spacial score (nSPS) is 35.1. The maximum Gasteiger partial charge on any atom is 0.337 e. The molecule has 0 radical (unpaired) electrons. The minimum atomic E-state index is -1.72. The molecule has 0 saturated carbocycles. The van der Waals surface area contributed by atoms with Gasteiger partial charge in [0, 0.05) is 18.8 Å². The Morgan fingerprint density at radius 3 is 2.32 bits per heavy atom. The second kappa shape index (κ2) is 12.3. The topological polar surface area (TPSA) is 216 Å². The SMILES string of the molecule is C=C[C@H]1[C@H](OC2OC(CO)C(O)C(O)C2O)OC=C(C(=O)OC)[C@H]1C[C@@H]1c2cc(O)c(O)cc2[C@@H](O)CN1C(C)=O. The molecule has 226 valence electrons. The molecule has 5 unspecified atom stereocenters. The van der Waals surface area contributed by atoms with Gasteiger partial charge in [-0.3, -0.25) is 4.79 Å². The van der Waals surface area contributed by atoms with Crippen LogP contribution in [0.3, 0.4) is 0 Å². The van der Waals surface area contributed by atoms with E-state index in [1.54, 1.807) is 0 Å². The minimum absolute atomic E-state index is 0.0129. The summed E-state index contributed by atoms with van der Waals surface area (Å²) in [5.41, 5.74) is 0.701. The number of fused-ring (bicyclic) bond motifs is 1. The molecular formula is C27H35NO13.